The second-order valence-corrected chi connectivity index (χ2v) is 5.26. The molecule has 5 heteroatoms. The summed E-state index contributed by atoms with van der Waals surface area (Å²) in [6, 6.07) is 7.44. The Balaban J connectivity index is 1.98. The molecule has 1 fully saturated rings. The molecule has 1 saturated heterocycles. The Morgan fingerprint density at radius 3 is 2.65 bits per heavy atom. The van der Waals surface area contributed by atoms with Crippen molar-refractivity contribution in [3.8, 4) is 0 Å². The van der Waals surface area contributed by atoms with E-state index in [1.54, 1.807) is 12.1 Å². The van der Waals surface area contributed by atoms with Crippen molar-refractivity contribution in [3.05, 3.63) is 35.4 Å². The van der Waals surface area contributed by atoms with Gasteiger partial charge in [-0.2, -0.15) is 0 Å². The molecule has 3 N–H and O–H groups in total. The van der Waals surface area contributed by atoms with Crippen molar-refractivity contribution >= 4 is 11.8 Å². The monoisotopic (exact) mass is 275 g/mol. The molecular formula is C15H21N3O2. The molecular weight excluding hydrogens is 254 g/mol. The number of nitrogens with two attached hydrogens (primary N) is 1. The van der Waals surface area contributed by atoms with Crippen LogP contribution in [0.3, 0.4) is 0 Å². The highest BCUT2D eigenvalue weighted by atomic mass is 16.2. The zero-order valence-corrected chi connectivity index (χ0v) is 11.8. The topological polar surface area (TPSA) is 75.4 Å². The predicted molar refractivity (Wildman–Crippen MR) is 77.1 cm³/mol. The van der Waals surface area contributed by atoms with Gasteiger partial charge in [0.1, 0.15) is 0 Å². The molecule has 108 valence electrons. The number of carbonyl (C=O) groups is 2. The van der Waals surface area contributed by atoms with Gasteiger partial charge in [0, 0.05) is 38.2 Å². The van der Waals surface area contributed by atoms with Crippen LogP contribution in [0.5, 0.6) is 0 Å². The van der Waals surface area contributed by atoms with Gasteiger partial charge in [-0.05, 0) is 30.5 Å². The lowest BCUT2D eigenvalue weighted by Gasteiger charge is -2.30. The van der Waals surface area contributed by atoms with Gasteiger partial charge in [0.15, 0.2) is 0 Å². The number of nitrogens with one attached hydrogen (secondary N) is 1. The lowest BCUT2D eigenvalue weighted by Crippen LogP contribution is -2.45. The molecule has 1 aliphatic heterocycles. The summed E-state index contributed by atoms with van der Waals surface area (Å²) in [4.78, 5) is 25.0. The largest absolute Gasteiger partial charge is 0.352 e. The first-order valence-electron chi connectivity index (χ1n) is 6.94. The number of benzene rings is 1. The van der Waals surface area contributed by atoms with Crippen LogP contribution in [0.4, 0.5) is 0 Å². The van der Waals surface area contributed by atoms with E-state index in [1.165, 1.54) is 6.92 Å². The van der Waals surface area contributed by atoms with E-state index in [1.807, 2.05) is 17.0 Å². The molecule has 1 aliphatic rings. The number of piperidine rings is 1. The van der Waals surface area contributed by atoms with Gasteiger partial charge in [0.05, 0.1) is 0 Å². The minimum Gasteiger partial charge on any atom is -0.352 e. The highest BCUT2D eigenvalue weighted by Gasteiger charge is 2.22. The lowest BCUT2D eigenvalue weighted by atomic mass is 10.0. The van der Waals surface area contributed by atoms with Crippen LogP contribution in [0.1, 0.15) is 35.7 Å². The summed E-state index contributed by atoms with van der Waals surface area (Å²) >= 11 is 0. The SMILES string of the molecule is CC(=O)NCc1ccc(C(=O)N2CCCC(N)C2)cc1. The molecule has 0 saturated carbocycles. The summed E-state index contributed by atoms with van der Waals surface area (Å²) in [6.45, 7) is 3.38. The zero-order valence-electron chi connectivity index (χ0n) is 11.8. The molecule has 20 heavy (non-hydrogen) atoms. The second kappa shape index (κ2) is 6.52. The van der Waals surface area contributed by atoms with Gasteiger partial charge in [0.25, 0.3) is 5.91 Å². The first kappa shape index (κ1) is 14.5. The molecule has 1 aromatic rings. The van der Waals surface area contributed by atoms with Crippen molar-refractivity contribution in [1.82, 2.24) is 10.2 Å². The second-order valence-electron chi connectivity index (χ2n) is 5.26. The first-order chi connectivity index (χ1) is 9.56. The Kier molecular flexibility index (Phi) is 4.74. The average Bonchev–Trinajstić information content (AvgIpc) is 2.45. The number of likely N-dealkylation sites (tertiary alicyclic amines) is 1. The normalized spacial score (nSPS) is 18.7. The summed E-state index contributed by atoms with van der Waals surface area (Å²) in [7, 11) is 0. The van der Waals surface area contributed by atoms with Crippen molar-refractivity contribution in [1.29, 1.82) is 0 Å². The first-order valence-corrected chi connectivity index (χ1v) is 6.94. The van der Waals surface area contributed by atoms with Crippen molar-refractivity contribution in [2.45, 2.75) is 32.4 Å². The highest BCUT2D eigenvalue weighted by molar-refractivity contribution is 5.94. The molecule has 0 radical (unpaired) electrons. The maximum absolute atomic E-state index is 12.3. The van der Waals surface area contributed by atoms with Gasteiger partial charge in [0.2, 0.25) is 5.91 Å². The van der Waals surface area contributed by atoms with Crippen LogP contribution >= 0.6 is 0 Å². The van der Waals surface area contributed by atoms with E-state index in [4.69, 9.17) is 5.73 Å². The van der Waals surface area contributed by atoms with Gasteiger partial charge >= 0.3 is 0 Å². The van der Waals surface area contributed by atoms with Crippen molar-refractivity contribution < 1.29 is 9.59 Å². The fraction of sp³-hybridized carbons (Fsp3) is 0.467. The third kappa shape index (κ3) is 3.81. The predicted octanol–water partition coefficient (Wildman–Crippen LogP) is 0.886. The fourth-order valence-electron chi connectivity index (χ4n) is 2.37. The quantitative estimate of drug-likeness (QED) is 0.860. The summed E-state index contributed by atoms with van der Waals surface area (Å²) in [5.74, 6) is -0.0290. The molecule has 1 aromatic carbocycles. The summed E-state index contributed by atoms with van der Waals surface area (Å²) in [5, 5.41) is 2.73. The summed E-state index contributed by atoms with van der Waals surface area (Å²) < 4.78 is 0. The lowest BCUT2D eigenvalue weighted by molar-refractivity contribution is -0.119. The molecule has 2 amide bonds. The molecule has 5 nitrogen and oxygen atoms in total. The number of amides is 2. The van der Waals surface area contributed by atoms with E-state index in [0.717, 1.165) is 24.9 Å². The molecule has 1 unspecified atom stereocenters. The smallest absolute Gasteiger partial charge is 0.253 e. The standard InChI is InChI=1S/C15H21N3O2/c1-11(19)17-9-12-4-6-13(7-5-12)15(20)18-8-2-3-14(16)10-18/h4-7,14H,2-3,8-10,16H2,1H3,(H,17,19). The van der Waals surface area contributed by atoms with Crippen molar-refractivity contribution in [3.63, 3.8) is 0 Å². The molecule has 2 rings (SSSR count). The molecule has 0 aliphatic carbocycles. The number of rotatable bonds is 3. The van der Waals surface area contributed by atoms with Crippen molar-refractivity contribution in [2.24, 2.45) is 5.73 Å². The Morgan fingerprint density at radius 2 is 2.05 bits per heavy atom. The minimum atomic E-state index is -0.0625. The van der Waals surface area contributed by atoms with Gasteiger partial charge < -0.3 is 16.0 Å². The molecule has 0 bridgehead atoms. The number of nitrogens with zero attached hydrogens (tertiary/aromatic N) is 1. The van der Waals surface area contributed by atoms with E-state index in [2.05, 4.69) is 5.32 Å². The summed E-state index contributed by atoms with van der Waals surface area (Å²) in [5.41, 5.74) is 7.55. The van der Waals surface area contributed by atoms with Gasteiger partial charge in [-0.1, -0.05) is 12.1 Å². The van der Waals surface area contributed by atoms with E-state index in [9.17, 15) is 9.59 Å². The third-order valence-electron chi connectivity index (χ3n) is 3.49. The average molecular weight is 275 g/mol. The number of carbonyl (C=O) groups excluding carboxylic acids is 2. The Morgan fingerprint density at radius 1 is 1.35 bits per heavy atom. The van der Waals surface area contributed by atoms with Gasteiger partial charge in [-0.3, -0.25) is 9.59 Å². The minimum absolute atomic E-state index is 0.0335. The Bertz CT molecular complexity index is 484. The highest BCUT2D eigenvalue weighted by Crippen LogP contribution is 2.13. The van der Waals surface area contributed by atoms with Crippen LogP contribution in [-0.2, 0) is 11.3 Å². The van der Waals surface area contributed by atoms with Crippen LogP contribution in [0.15, 0.2) is 24.3 Å². The maximum atomic E-state index is 12.3. The van der Waals surface area contributed by atoms with E-state index in [-0.39, 0.29) is 17.9 Å². The van der Waals surface area contributed by atoms with Crippen LogP contribution in [0.2, 0.25) is 0 Å². The molecule has 0 aromatic heterocycles. The van der Waals surface area contributed by atoms with E-state index >= 15 is 0 Å². The van der Waals surface area contributed by atoms with Gasteiger partial charge in [-0.15, -0.1) is 0 Å². The van der Waals surface area contributed by atoms with Gasteiger partial charge in [-0.25, -0.2) is 0 Å². The fourth-order valence-corrected chi connectivity index (χ4v) is 2.37. The van der Waals surface area contributed by atoms with E-state index in [0.29, 0.717) is 18.7 Å². The Labute approximate surface area is 119 Å². The molecule has 0 spiro atoms. The van der Waals surface area contributed by atoms with E-state index < -0.39 is 0 Å². The summed E-state index contributed by atoms with van der Waals surface area (Å²) in [6.07, 6.45) is 1.95. The third-order valence-corrected chi connectivity index (χ3v) is 3.49. The Hall–Kier alpha value is -1.88. The van der Waals surface area contributed by atoms with Crippen molar-refractivity contribution in [2.75, 3.05) is 13.1 Å². The zero-order chi connectivity index (χ0) is 14.5. The molecule has 1 heterocycles. The number of hydrogen-bond acceptors (Lipinski definition) is 3. The van der Waals surface area contributed by atoms with Crippen LogP contribution in [-0.4, -0.2) is 35.8 Å². The molecule has 1 atom stereocenters. The number of hydrogen-bond donors (Lipinski definition) is 2. The van der Waals surface area contributed by atoms with Crippen LogP contribution < -0.4 is 11.1 Å². The van der Waals surface area contributed by atoms with Crippen LogP contribution in [0, 0.1) is 0 Å². The maximum Gasteiger partial charge on any atom is 0.253 e. The van der Waals surface area contributed by atoms with Crippen LogP contribution in [0.25, 0.3) is 0 Å².